The maximum Gasteiger partial charge on any atom is 0.0210 e. The standard InChI is InChI=1S/C20H20/c1-2-5-15(6-3-1)9-10-16-11-12-19-13-17-7-4-8-18(17)14-20(16)19/h1-3,5-6,11-14,19H,4,7-10H2. The lowest BCUT2D eigenvalue weighted by molar-refractivity contribution is 0.920. The summed E-state index contributed by atoms with van der Waals surface area (Å²) in [6, 6.07) is 10.8. The quantitative estimate of drug-likeness (QED) is 0.705. The van der Waals surface area contributed by atoms with Crippen LogP contribution in [-0.2, 0) is 6.42 Å². The molecule has 0 saturated heterocycles. The van der Waals surface area contributed by atoms with Crippen molar-refractivity contribution in [2.75, 3.05) is 0 Å². The Bertz CT molecular complexity index is 638. The lowest BCUT2D eigenvalue weighted by atomic mass is 9.87. The van der Waals surface area contributed by atoms with Gasteiger partial charge in [0.2, 0.25) is 0 Å². The maximum absolute atomic E-state index is 2.50. The number of rotatable bonds is 3. The first kappa shape index (κ1) is 12.0. The smallest absolute Gasteiger partial charge is 0.0210 e. The first-order valence-electron chi connectivity index (χ1n) is 7.77. The molecule has 1 atom stereocenters. The topological polar surface area (TPSA) is 0 Å². The number of fused-ring (bicyclic) bond motifs is 2. The van der Waals surface area contributed by atoms with E-state index in [4.69, 9.17) is 0 Å². The van der Waals surface area contributed by atoms with Gasteiger partial charge in [0.25, 0.3) is 0 Å². The predicted octanol–water partition coefficient (Wildman–Crippen LogP) is 5.15. The zero-order valence-corrected chi connectivity index (χ0v) is 11.8. The minimum absolute atomic E-state index is 0.567. The van der Waals surface area contributed by atoms with Crippen molar-refractivity contribution in [3.63, 3.8) is 0 Å². The number of hydrogen-bond donors (Lipinski definition) is 0. The van der Waals surface area contributed by atoms with Gasteiger partial charge in [-0.25, -0.2) is 0 Å². The molecule has 1 aromatic rings. The summed E-state index contributed by atoms with van der Waals surface area (Å²) in [4.78, 5) is 0. The molecule has 3 aliphatic rings. The van der Waals surface area contributed by atoms with E-state index >= 15 is 0 Å². The third kappa shape index (κ3) is 2.10. The molecule has 20 heavy (non-hydrogen) atoms. The average molecular weight is 260 g/mol. The molecule has 0 N–H and O–H groups in total. The van der Waals surface area contributed by atoms with Crippen LogP contribution in [0.2, 0.25) is 0 Å². The highest BCUT2D eigenvalue weighted by atomic mass is 14.3. The largest absolute Gasteiger partial charge is 0.0729 e. The van der Waals surface area contributed by atoms with Crippen LogP contribution < -0.4 is 0 Å². The third-order valence-corrected chi connectivity index (χ3v) is 4.78. The molecule has 0 nitrogen and oxygen atoms in total. The van der Waals surface area contributed by atoms with Crippen molar-refractivity contribution >= 4 is 0 Å². The Balaban J connectivity index is 1.56. The van der Waals surface area contributed by atoms with Crippen LogP contribution in [0.1, 0.15) is 31.2 Å². The normalized spacial score (nSPS) is 23.5. The fraction of sp³-hybridized carbons (Fsp3) is 0.300. The fourth-order valence-corrected chi connectivity index (χ4v) is 3.67. The van der Waals surface area contributed by atoms with Gasteiger partial charge in [0.15, 0.2) is 0 Å². The molecule has 1 fully saturated rings. The van der Waals surface area contributed by atoms with Crippen molar-refractivity contribution in [3.8, 4) is 0 Å². The zero-order chi connectivity index (χ0) is 13.4. The van der Waals surface area contributed by atoms with E-state index in [9.17, 15) is 0 Å². The van der Waals surface area contributed by atoms with Crippen LogP contribution in [0.3, 0.4) is 0 Å². The molecule has 1 aromatic carbocycles. The second-order valence-corrected chi connectivity index (χ2v) is 6.07. The Labute approximate surface area is 121 Å². The molecule has 0 amide bonds. The molecule has 0 radical (unpaired) electrons. The minimum Gasteiger partial charge on any atom is -0.0729 e. The summed E-state index contributed by atoms with van der Waals surface area (Å²) in [5.41, 5.74) is 7.79. The van der Waals surface area contributed by atoms with Crippen molar-refractivity contribution in [1.29, 1.82) is 0 Å². The minimum atomic E-state index is 0.567. The van der Waals surface area contributed by atoms with E-state index in [1.807, 2.05) is 0 Å². The van der Waals surface area contributed by atoms with Crippen molar-refractivity contribution < 1.29 is 0 Å². The monoisotopic (exact) mass is 260 g/mol. The summed E-state index contributed by atoms with van der Waals surface area (Å²) in [5.74, 6) is 0.567. The predicted molar refractivity (Wildman–Crippen MR) is 84.4 cm³/mol. The van der Waals surface area contributed by atoms with Crippen molar-refractivity contribution in [2.24, 2.45) is 5.92 Å². The molecule has 0 bridgehead atoms. The van der Waals surface area contributed by atoms with Crippen molar-refractivity contribution in [2.45, 2.75) is 32.1 Å². The molecule has 0 heterocycles. The second kappa shape index (κ2) is 4.94. The number of aryl methyl sites for hydroxylation is 1. The van der Waals surface area contributed by atoms with E-state index < -0.39 is 0 Å². The fourth-order valence-electron chi connectivity index (χ4n) is 3.67. The van der Waals surface area contributed by atoms with E-state index in [-0.39, 0.29) is 0 Å². The SMILES string of the molecule is C1=CC2C=C3CCCC3=CC2=C1CCc1ccccc1. The van der Waals surface area contributed by atoms with Crippen molar-refractivity contribution in [1.82, 2.24) is 0 Å². The Morgan fingerprint density at radius 3 is 2.70 bits per heavy atom. The van der Waals surface area contributed by atoms with Crippen LogP contribution in [0.4, 0.5) is 0 Å². The van der Waals surface area contributed by atoms with E-state index in [0.29, 0.717) is 5.92 Å². The molecule has 3 aliphatic carbocycles. The van der Waals surface area contributed by atoms with Crippen LogP contribution in [0, 0.1) is 5.92 Å². The summed E-state index contributed by atoms with van der Waals surface area (Å²) in [7, 11) is 0. The molecule has 4 rings (SSSR count). The van der Waals surface area contributed by atoms with Crippen LogP contribution in [0.15, 0.2) is 76.9 Å². The molecule has 0 spiro atoms. The molecule has 0 aliphatic heterocycles. The molecule has 1 saturated carbocycles. The van der Waals surface area contributed by atoms with E-state index in [1.54, 1.807) is 22.3 Å². The van der Waals surface area contributed by atoms with Gasteiger partial charge in [-0.05, 0) is 60.0 Å². The number of allylic oxidation sites excluding steroid dienone is 8. The van der Waals surface area contributed by atoms with Gasteiger partial charge in [0.05, 0.1) is 0 Å². The van der Waals surface area contributed by atoms with Gasteiger partial charge in [-0.2, -0.15) is 0 Å². The Hall–Kier alpha value is -1.82. The van der Waals surface area contributed by atoms with Crippen LogP contribution in [0.5, 0.6) is 0 Å². The molecule has 100 valence electrons. The van der Waals surface area contributed by atoms with Gasteiger partial charge >= 0.3 is 0 Å². The van der Waals surface area contributed by atoms with Crippen LogP contribution in [-0.4, -0.2) is 0 Å². The van der Waals surface area contributed by atoms with Gasteiger partial charge in [0, 0.05) is 5.92 Å². The van der Waals surface area contributed by atoms with Crippen LogP contribution >= 0.6 is 0 Å². The summed E-state index contributed by atoms with van der Waals surface area (Å²) in [6.07, 6.45) is 16.0. The van der Waals surface area contributed by atoms with Gasteiger partial charge in [0.1, 0.15) is 0 Å². The maximum atomic E-state index is 2.50. The highest BCUT2D eigenvalue weighted by Crippen LogP contribution is 2.42. The molecule has 0 aromatic heterocycles. The first-order chi connectivity index (χ1) is 9.90. The summed E-state index contributed by atoms with van der Waals surface area (Å²) in [6.45, 7) is 0. The lowest BCUT2D eigenvalue weighted by Gasteiger charge is -2.17. The summed E-state index contributed by atoms with van der Waals surface area (Å²) < 4.78 is 0. The number of hydrogen-bond acceptors (Lipinski definition) is 0. The molecular formula is C20H20. The van der Waals surface area contributed by atoms with Crippen LogP contribution in [0.25, 0.3) is 0 Å². The third-order valence-electron chi connectivity index (χ3n) is 4.78. The molecule has 1 unspecified atom stereocenters. The Morgan fingerprint density at radius 2 is 1.80 bits per heavy atom. The summed E-state index contributed by atoms with van der Waals surface area (Å²) in [5, 5.41) is 0. The number of benzene rings is 1. The van der Waals surface area contributed by atoms with Crippen molar-refractivity contribution in [3.05, 3.63) is 82.5 Å². The van der Waals surface area contributed by atoms with Gasteiger partial charge < -0.3 is 0 Å². The summed E-state index contributed by atoms with van der Waals surface area (Å²) >= 11 is 0. The highest BCUT2D eigenvalue weighted by molar-refractivity contribution is 5.55. The lowest BCUT2D eigenvalue weighted by Crippen LogP contribution is -2.02. The molecule has 0 heteroatoms. The van der Waals surface area contributed by atoms with Gasteiger partial charge in [-0.1, -0.05) is 54.6 Å². The Kier molecular flexibility index (Phi) is 2.95. The highest BCUT2D eigenvalue weighted by Gasteiger charge is 2.25. The van der Waals surface area contributed by atoms with Gasteiger partial charge in [-0.15, -0.1) is 0 Å². The van der Waals surface area contributed by atoms with E-state index in [1.165, 1.54) is 31.2 Å². The average Bonchev–Trinajstić information content (AvgIpc) is 3.10. The second-order valence-electron chi connectivity index (χ2n) is 6.07. The van der Waals surface area contributed by atoms with Gasteiger partial charge in [-0.3, -0.25) is 0 Å². The Morgan fingerprint density at radius 1 is 0.950 bits per heavy atom. The molecular weight excluding hydrogens is 240 g/mol. The zero-order valence-electron chi connectivity index (χ0n) is 11.8. The van der Waals surface area contributed by atoms with E-state index in [2.05, 4.69) is 54.6 Å². The van der Waals surface area contributed by atoms with E-state index in [0.717, 1.165) is 6.42 Å². The first-order valence-corrected chi connectivity index (χ1v) is 7.77.